The molecule has 0 bridgehead atoms. The number of anilines is 1. The number of halogens is 2. The van der Waals surface area contributed by atoms with E-state index in [1.807, 2.05) is 24.3 Å². The molecular formula is C18H16BrClN2O2. The van der Waals surface area contributed by atoms with E-state index in [0.717, 1.165) is 22.9 Å². The van der Waals surface area contributed by atoms with Gasteiger partial charge in [-0.25, -0.2) is 0 Å². The number of benzene rings is 2. The van der Waals surface area contributed by atoms with Gasteiger partial charge in [0.1, 0.15) is 0 Å². The number of carbonyl (C=O) groups excluding carboxylic acids is 2. The molecule has 24 heavy (non-hydrogen) atoms. The Hall–Kier alpha value is -1.85. The van der Waals surface area contributed by atoms with E-state index in [1.165, 1.54) is 0 Å². The van der Waals surface area contributed by atoms with Gasteiger partial charge in [-0.05, 0) is 54.8 Å². The lowest BCUT2D eigenvalue weighted by atomic mass is 9.95. The quantitative estimate of drug-likeness (QED) is 0.790. The van der Waals surface area contributed by atoms with Crippen LogP contribution in [0.2, 0.25) is 5.02 Å². The Labute approximate surface area is 153 Å². The first kappa shape index (κ1) is 17.0. The summed E-state index contributed by atoms with van der Waals surface area (Å²) in [6.07, 6.45) is 1.57. The Morgan fingerprint density at radius 2 is 1.67 bits per heavy atom. The summed E-state index contributed by atoms with van der Waals surface area (Å²) < 4.78 is 0.937. The van der Waals surface area contributed by atoms with Crippen LogP contribution in [-0.2, 0) is 15.0 Å². The van der Waals surface area contributed by atoms with E-state index < -0.39 is 5.41 Å². The van der Waals surface area contributed by atoms with Gasteiger partial charge in [0.2, 0.25) is 11.8 Å². The van der Waals surface area contributed by atoms with Crippen LogP contribution in [-0.4, -0.2) is 18.4 Å². The van der Waals surface area contributed by atoms with Gasteiger partial charge >= 0.3 is 0 Å². The lowest BCUT2D eigenvalue weighted by molar-refractivity contribution is -0.126. The number of rotatable bonds is 5. The Kier molecular flexibility index (Phi) is 4.92. The highest BCUT2D eigenvalue weighted by atomic mass is 79.9. The van der Waals surface area contributed by atoms with Crippen LogP contribution in [0.15, 0.2) is 53.0 Å². The van der Waals surface area contributed by atoms with Crippen LogP contribution < -0.4 is 10.6 Å². The second-order valence-electron chi connectivity index (χ2n) is 5.83. The number of carbonyl (C=O) groups is 2. The number of hydrogen-bond donors (Lipinski definition) is 2. The van der Waals surface area contributed by atoms with Crippen LogP contribution in [0.25, 0.3) is 0 Å². The first-order valence-corrected chi connectivity index (χ1v) is 8.76. The number of hydrogen-bond acceptors (Lipinski definition) is 2. The van der Waals surface area contributed by atoms with Crippen molar-refractivity contribution in [1.29, 1.82) is 0 Å². The molecule has 4 nitrogen and oxygen atoms in total. The molecule has 0 spiro atoms. The normalized spacial score (nSPS) is 14.8. The smallest absolute Gasteiger partial charge is 0.243 e. The molecule has 2 N–H and O–H groups in total. The summed E-state index contributed by atoms with van der Waals surface area (Å²) in [4.78, 5) is 24.5. The van der Waals surface area contributed by atoms with Crippen LogP contribution in [0.5, 0.6) is 0 Å². The van der Waals surface area contributed by atoms with Gasteiger partial charge in [0, 0.05) is 15.2 Å². The van der Waals surface area contributed by atoms with Crippen LogP contribution in [0.4, 0.5) is 5.69 Å². The molecule has 0 unspecified atom stereocenters. The van der Waals surface area contributed by atoms with E-state index in [9.17, 15) is 9.59 Å². The van der Waals surface area contributed by atoms with E-state index in [4.69, 9.17) is 11.6 Å². The largest absolute Gasteiger partial charge is 0.346 e. The van der Waals surface area contributed by atoms with Crippen molar-refractivity contribution < 1.29 is 9.59 Å². The average molecular weight is 408 g/mol. The molecule has 2 aromatic rings. The zero-order valence-corrected chi connectivity index (χ0v) is 15.2. The molecule has 1 aliphatic rings. The topological polar surface area (TPSA) is 58.2 Å². The van der Waals surface area contributed by atoms with Gasteiger partial charge in [0.05, 0.1) is 12.0 Å². The Bertz CT molecular complexity index is 756. The predicted octanol–water partition coefficient (Wildman–Crippen LogP) is 3.89. The van der Waals surface area contributed by atoms with E-state index in [2.05, 4.69) is 26.6 Å². The highest BCUT2D eigenvalue weighted by Crippen LogP contribution is 2.48. The van der Waals surface area contributed by atoms with Crippen LogP contribution >= 0.6 is 27.5 Å². The van der Waals surface area contributed by atoms with Crippen molar-refractivity contribution in [3.05, 3.63) is 63.6 Å². The standard InChI is InChI=1S/C18H16BrClN2O2/c19-13-3-7-15(8-4-13)22-16(23)11-21-17(24)18(9-10-18)12-1-5-14(20)6-2-12/h1-8H,9-11H2,(H,21,24)(H,22,23). The van der Waals surface area contributed by atoms with Crippen molar-refractivity contribution in [2.24, 2.45) is 0 Å². The van der Waals surface area contributed by atoms with E-state index in [1.54, 1.807) is 24.3 Å². The second kappa shape index (κ2) is 6.95. The molecule has 0 aromatic heterocycles. The van der Waals surface area contributed by atoms with Crippen LogP contribution in [0.1, 0.15) is 18.4 Å². The minimum Gasteiger partial charge on any atom is -0.346 e. The summed E-state index contributed by atoms with van der Waals surface area (Å²) >= 11 is 9.23. The molecule has 0 saturated heterocycles. The zero-order valence-electron chi connectivity index (χ0n) is 12.8. The number of amides is 2. The maximum absolute atomic E-state index is 12.5. The van der Waals surface area contributed by atoms with E-state index in [-0.39, 0.29) is 18.4 Å². The maximum atomic E-state index is 12.5. The van der Waals surface area contributed by atoms with Crippen LogP contribution in [0.3, 0.4) is 0 Å². The predicted molar refractivity (Wildman–Crippen MR) is 98.1 cm³/mol. The Balaban J connectivity index is 1.56. The first-order valence-electron chi connectivity index (χ1n) is 7.59. The third-order valence-corrected chi connectivity index (χ3v) is 4.90. The van der Waals surface area contributed by atoms with Gasteiger partial charge in [-0.1, -0.05) is 39.7 Å². The van der Waals surface area contributed by atoms with Gasteiger partial charge in [0.15, 0.2) is 0 Å². The van der Waals surface area contributed by atoms with Gasteiger partial charge in [-0.2, -0.15) is 0 Å². The number of nitrogens with one attached hydrogen (secondary N) is 2. The molecule has 3 rings (SSSR count). The fourth-order valence-corrected chi connectivity index (χ4v) is 3.00. The van der Waals surface area contributed by atoms with Crippen molar-refractivity contribution in [1.82, 2.24) is 5.32 Å². The molecule has 124 valence electrons. The lowest BCUT2D eigenvalue weighted by Crippen LogP contribution is -2.39. The van der Waals surface area contributed by atoms with E-state index in [0.29, 0.717) is 10.7 Å². The summed E-state index contributed by atoms with van der Waals surface area (Å²) in [7, 11) is 0. The van der Waals surface area contributed by atoms with Crippen molar-refractivity contribution in [2.75, 3.05) is 11.9 Å². The molecule has 0 atom stereocenters. The minimum absolute atomic E-state index is 0.0514. The van der Waals surface area contributed by atoms with Gasteiger partial charge in [-0.3, -0.25) is 9.59 Å². The molecule has 0 heterocycles. The zero-order chi connectivity index (χ0) is 17.2. The van der Waals surface area contributed by atoms with Crippen molar-refractivity contribution in [2.45, 2.75) is 18.3 Å². The van der Waals surface area contributed by atoms with Crippen LogP contribution in [0, 0.1) is 0 Å². The summed E-state index contributed by atoms with van der Waals surface area (Å²) in [5.41, 5.74) is 1.12. The summed E-state index contributed by atoms with van der Waals surface area (Å²) in [5.74, 6) is -0.367. The summed E-state index contributed by atoms with van der Waals surface area (Å²) in [5, 5.41) is 6.13. The molecular weight excluding hydrogens is 392 g/mol. The van der Waals surface area contributed by atoms with Gasteiger partial charge < -0.3 is 10.6 Å². The molecule has 1 fully saturated rings. The summed E-state index contributed by atoms with van der Waals surface area (Å²) in [6.45, 7) is -0.0514. The van der Waals surface area contributed by atoms with Crippen molar-refractivity contribution in [3.8, 4) is 0 Å². The highest BCUT2D eigenvalue weighted by Gasteiger charge is 2.51. The average Bonchev–Trinajstić information content (AvgIpc) is 3.37. The first-order chi connectivity index (χ1) is 11.5. The third kappa shape index (κ3) is 3.79. The van der Waals surface area contributed by atoms with E-state index >= 15 is 0 Å². The third-order valence-electron chi connectivity index (χ3n) is 4.12. The SMILES string of the molecule is O=C(CNC(=O)C1(c2ccc(Cl)cc2)CC1)Nc1ccc(Br)cc1. The molecule has 2 aromatic carbocycles. The highest BCUT2D eigenvalue weighted by molar-refractivity contribution is 9.10. The fourth-order valence-electron chi connectivity index (χ4n) is 2.61. The molecule has 1 saturated carbocycles. The van der Waals surface area contributed by atoms with Gasteiger partial charge in [0.25, 0.3) is 0 Å². The Morgan fingerprint density at radius 3 is 2.25 bits per heavy atom. The molecule has 6 heteroatoms. The molecule has 0 radical (unpaired) electrons. The summed E-state index contributed by atoms with van der Waals surface area (Å²) in [6, 6.07) is 14.6. The monoisotopic (exact) mass is 406 g/mol. The molecule has 1 aliphatic carbocycles. The molecule has 0 aliphatic heterocycles. The fraction of sp³-hybridized carbons (Fsp3) is 0.222. The minimum atomic E-state index is -0.511. The van der Waals surface area contributed by atoms with Crippen molar-refractivity contribution >= 4 is 45.0 Å². The lowest BCUT2D eigenvalue weighted by Gasteiger charge is -2.16. The second-order valence-corrected chi connectivity index (χ2v) is 7.18. The van der Waals surface area contributed by atoms with Gasteiger partial charge in [-0.15, -0.1) is 0 Å². The van der Waals surface area contributed by atoms with Crippen molar-refractivity contribution in [3.63, 3.8) is 0 Å². The Morgan fingerprint density at radius 1 is 1.04 bits per heavy atom. The molecule has 2 amide bonds. The maximum Gasteiger partial charge on any atom is 0.243 e.